The molecule has 1 atom stereocenters. The van der Waals surface area contributed by atoms with Crippen molar-refractivity contribution in [3.8, 4) is 5.75 Å². The van der Waals surface area contributed by atoms with E-state index in [-0.39, 0.29) is 0 Å². The van der Waals surface area contributed by atoms with Crippen LogP contribution in [0, 0.1) is 0 Å². The first-order chi connectivity index (χ1) is 8.55. The molecule has 0 saturated carbocycles. The van der Waals surface area contributed by atoms with Gasteiger partial charge in [0, 0.05) is 22.0 Å². The van der Waals surface area contributed by atoms with Crippen LogP contribution < -0.4 is 9.61 Å². The van der Waals surface area contributed by atoms with Crippen LogP contribution in [-0.4, -0.2) is 0 Å². The van der Waals surface area contributed by atoms with Gasteiger partial charge in [-0.25, -0.2) is 4.57 Å². The minimum absolute atomic E-state index is 0.390. The van der Waals surface area contributed by atoms with Crippen molar-refractivity contribution in [3.63, 3.8) is 0 Å². The van der Waals surface area contributed by atoms with Gasteiger partial charge < -0.3 is 4.52 Å². The van der Waals surface area contributed by atoms with E-state index in [4.69, 9.17) is 27.4 Å². The van der Waals surface area contributed by atoms with Gasteiger partial charge in [0.2, 0.25) is 0 Å². The minimum atomic E-state index is -3.47. The highest BCUT2D eigenvalue weighted by atomic mass is 35.7. The maximum atomic E-state index is 12.0. The van der Waals surface area contributed by atoms with E-state index in [9.17, 15) is 4.57 Å². The Kier molecular flexibility index (Phi) is 4.18. The fourth-order valence-corrected chi connectivity index (χ4v) is 2.87. The zero-order valence-corrected chi connectivity index (χ0v) is 11.6. The Balaban J connectivity index is 2.08. The molecule has 0 aliphatic heterocycles. The van der Waals surface area contributed by atoms with E-state index in [1.165, 1.54) is 0 Å². The highest BCUT2D eigenvalue weighted by molar-refractivity contribution is 7.86. The van der Waals surface area contributed by atoms with Crippen LogP contribution >= 0.6 is 29.7 Å². The van der Waals surface area contributed by atoms with Gasteiger partial charge in [0.1, 0.15) is 5.75 Å². The van der Waals surface area contributed by atoms with E-state index in [0.717, 1.165) is 0 Å². The number of nitrogens with one attached hydrogen (secondary N) is 1. The molecule has 94 valence electrons. The van der Waals surface area contributed by atoms with Crippen molar-refractivity contribution in [2.24, 2.45) is 0 Å². The van der Waals surface area contributed by atoms with Gasteiger partial charge in [-0.2, -0.15) is 0 Å². The number of hydrogen-bond donors (Lipinski definition) is 1. The quantitative estimate of drug-likeness (QED) is 0.791. The number of rotatable bonds is 4. The molecule has 6 heteroatoms. The highest BCUT2D eigenvalue weighted by Gasteiger charge is 2.20. The molecule has 2 aromatic carbocycles. The maximum absolute atomic E-state index is 12.0. The summed E-state index contributed by atoms with van der Waals surface area (Å²) in [5, 5.41) is 3.22. The van der Waals surface area contributed by atoms with Crippen LogP contribution in [0.15, 0.2) is 54.6 Å². The second-order valence-electron chi connectivity index (χ2n) is 3.50. The summed E-state index contributed by atoms with van der Waals surface area (Å²) in [6.45, 7) is -3.47. The molecule has 18 heavy (non-hydrogen) atoms. The van der Waals surface area contributed by atoms with Crippen molar-refractivity contribution >= 4 is 35.4 Å². The van der Waals surface area contributed by atoms with E-state index >= 15 is 0 Å². The first kappa shape index (κ1) is 13.3. The zero-order chi connectivity index (χ0) is 13.0. The van der Waals surface area contributed by atoms with E-state index in [1.807, 2.05) is 18.2 Å². The van der Waals surface area contributed by atoms with E-state index in [2.05, 4.69) is 5.09 Å². The number of benzene rings is 2. The van der Waals surface area contributed by atoms with E-state index < -0.39 is 6.87 Å². The largest absolute Gasteiger partial charge is 0.435 e. The molecule has 3 nitrogen and oxygen atoms in total. The van der Waals surface area contributed by atoms with Crippen LogP contribution in [0.4, 0.5) is 5.69 Å². The Morgan fingerprint density at radius 2 is 1.61 bits per heavy atom. The normalized spacial score (nSPS) is 13.7. The standard InChI is InChI=1S/C12H10Cl2NO2P/c13-10-6-8-12(9-7-10)17-18(14,16)15-11-4-2-1-3-5-11/h1-9H,(H,15,16)/t18-/m0/s1. The Bertz CT molecular complexity index is 560. The SMILES string of the molecule is O=[P@](Cl)(Nc1ccccc1)Oc1ccc(Cl)cc1. The molecule has 0 aliphatic carbocycles. The zero-order valence-electron chi connectivity index (χ0n) is 9.22. The molecule has 0 bridgehead atoms. The van der Waals surface area contributed by atoms with Gasteiger partial charge in [0.25, 0.3) is 0 Å². The first-order valence-corrected chi connectivity index (χ1v) is 8.04. The molecule has 0 saturated heterocycles. The lowest BCUT2D eigenvalue weighted by atomic mass is 10.3. The summed E-state index contributed by atoms with van der Waals surface area (Å²) in [6.07, 6.45) is 0. The Hall–Kier alpha value is -1.15. The van der Waals surface area contributed by atoms with Crippen LogP contribution in [0.1, 0.15) is 0 Å². The lowest BCUT2D eigenvalue weighted by Gasteiger charge is -2.14. The van der Waals surface area contributed by atoms with Crippen LogP contribution in [0.2, 0.25) is 5.02 Å². The average Bonchev–Trinajstić information content (AvgIpc) is 2.32. The molecule has 0 fully saturated rings. The fraction of sp³-hybridized carbons (Fsp3) is 0. The molecular weight excluding hydrogens is 292 g/mol. The highest BCUT2D eigenvalue weighted by Crippen LogP contribution is 2.51. The molecule has 1 N–H and O–H groups in total. The third-order valence-electron chi connectivity index (χ3n) is 2.07. The monoisotopic (exact) mass is 301 g/mol. The van der Waals surface area contributed by atoms with Gasteiger partial charge in [-0.1, -0.05) is 29.8 Å². The minimum Gasteiger partial charge on any atom is -0.418 e. The first-order valence-electron chi connectivity index (χ1n) is 5.13. The van der Waals surface area contributed by atoms with Gasteiger partial charge in [0.15, 0.2) is 0 Å². The molecular formula is C12H10Cl2NO2P. The molecule has 0 heterocycles. The lowest BCUT2D eigenvalue weighted by Crippen LogP contribution is -1.98. The van der Waals surface area contributed by atoms with Crippen molar-refractivity contribution in [2.45, 2.75) is 0 Å². The summed E-state index contributed by atoms with van der Waals surface area (Å²) < 4.78 is 17.2. The lowest BCUT2D eigenvalue weighted by molar-refractivity contribution is 0.503. The number of anilines is 1. The molecule has 2 rings (SSSR count). The molecule has 2 aromatic rings. The molecule has 0 aromatic heterocycles. The summed E-state index contributed by atoms with van der Waals surface area (Å²) in [5.41, 5.74) is 0.629. The van der Waals surface area contributed by atoms with E-state index in [1.54, 1.807) is 36.4 Å². The Morgan fingerprint density at radius 3 is 2.22 bits per heavy atom. The van der Waals surface area contributed by atoms with Crippen molar-refractivity contribution in [3.05, 3.63) is 59.6 Å². The van der Waals surface area contributed by atoms with Gasteiger partial charge in [-0.3, -0.25) is 5.09 Å². The van der Waals surface area contributed by atoms with Crippen LogP contribution in [-0.2, 0) is 4.57 Å². The number of hydrogen-bond acceptors (Lipinski definition) is 2. The molecule has 0 aliphatic rings. The third kappa shape index (κ3) is 3.95. The third-order valence-corrected chi connectivity index (χ3v) is 3.76. The summed E-state index contributed by atoms with van der Waals surface area (Å²) in [5.74, 6) is 0.390. The molecule has 0 radical (unpaired) electrons. The Labute approximate surface area is 115 Å². The van der Waals surface area contributed by atoms with Crippen LogP contribution in [0.5, 0.6) is 5.75 Å². The van der Waals surface area contributed by atoms with Gasteiger partial charge in [-0.05, 0) is 36.4 Å². The summed E-state index contributed by atoms with van der Waals surface area (Å²) in [4.78, 5) is 0. The second kappa shape index (κ2) is 5.66. The average molecular weight is 302 g/mol. The van der Waals surface area contributed by atoms with Crippen LogP contribution in [0.3, 0.4) is 0 Å². The topological polar surface area (TPSA) is 38.3 Å². The van der Waals surface area contributed by atoms with Crippen molar-refractivity contribution < 1.29 is 9.09 Å². The number of halogens is 2. The van der Waals surface area contributed by atoms with Gasteiger partial charge in [-0.15, -0.1) is 0 Å². The summed E-state index contributed by atoms with van der Waals surface area (Å²) in [6, 6.07) is 15.4. The van der Waals surface area contributed by atoms with Gasteiger partial charge >= 0.3 is 6.87 Å². The predicted octanol–water partition coefficient (Wildman–Crippen LogP) is 5.18. The second-order valence-corrected chi connectivity index (χ2v) is 6.64. The summed E-state index contributed by atoms with van der Waals surface area (Å²) >= 11 is 11.6. The van der Waals surface area contributed by atoms with E-state index in [0.29, 0.717) is 16.5 Å². The maximum Gasteiger partial charge on any atom is 0.435 e. The van der Waals surface area contributed by atoms with Crippen molar-refractivity contribution in [1.82, 2.24) is 0 Å². The molecule has 0 spiro atoms. The van der Waals surface area contributed by atoms with Crippen LogP contribution in [0.25, 0.3) is 0 Å². The smallest absolute Gasteiger partial charge is 0.418 e. The molecule has 0 unspecified atom stereocenters. The van der Waals surface area contributed by atoms with Gasteiger partial charge in [0.05, 0.1) is 0 Å². The fourth-order valence-electron chi connectivity index (χ4n) is 1.32. The predicted molar refractivity (Wildman–Crippen MR) is 75.6 cm³/mol. The van der Waals surface area contributed by atoms with Crippen molar-refractivity contribution in [2.75, 3.05) is 5.09 Å². The Morgan fingerprint density at radius 1 is 1.00 bits per heavy atom. The van der Waals surface area contributed by atoms with Crippen molar-refractivity contribution in [1.29, 1.82) is 0 Å². The molecule has 0 amide bonds. The summed E-state index contributed by atoms with van der Waals surface area (Å²) in [7, 11) is 0. The number of para-hydroxylation sites is 1.